The van der Waals surface area contributed by atoms with Gasteiger partial charge in [0.2, 0.25) is 0 Å². The van der Waals surface area contributed by atoms with Crippen molar-refractivity contribution in [1.82, 2.24) is 0 Å². The van der Waals surface area contributed by atoms with Gasteiger partial charge in [-0.25, -0.2) is 4.39 Å². The SMILES string of the molecule is COC(=O)C(C)C(=O)O[C@]1(C(=O)CCl)[C@@H](C)C[C@H]2[C@@H]3CC(=O)C4=CC(=O)C=C[C@]4(C)[C@@]3(F)[C@@H](O)C[C@@]21C. The minimum Gasteiger partial charge on any atom is -0.468 e. The van der Waals surface area contributed by atoms with E-state index in [1.165, 1.54) is 26.0 Å². The van der Waals surface area contributed by atoms with Crippen LogP contribution in [0, 0.1) is 34.5 Å². The van der Waals surface area contributed by atoms with Crippen molar-refractivity contribution in [3.05, 3.63) is 23.8 Å². The molecule has 4 aliphatic rings. The zero-order valence-electron chi connectivity index (χ0n) is 21.5. The zero-order chi connectivity index (χ0) is 27.7. The first-order valence-corrected chi connectivity index (χ1v) is 12.9. The molecule has 0 aliphatic heterocycles. The number of Topliss-reactive ketones (excluding diaryl/α,β-unsaturated/α-hetero) is 2. The zero-order valence-corrected chi connectivity index (χ0v) is 22.3. The van der Waals surface area contributed by atoms with Crippen LogP contribution in [0.4, 0.5) is 4.39 Å². The number of hydrogen-bond acceptors (Lipinski definition) is 8. The quantitative estimate of drug-likeness (QED) is 0.322. The molecule has 8 nitrogen and oxygen atoms in total. The summed E-state index contributed by atoms with van der Waals surface area (Å²) in [7, 11) is 1.12. The lowest BCUT2D eigenvalue weighted by molar-refractivity contribution is -0.227. The van der Waals surface area contributed by atoms with Crippen molar-refractivity contribution in [2.24, 2.45) is 34.5 Å². The second-order valence-electron chi connectivity index (χ2n) is 11.3. The van der Waals surface area contributed by atoms with Gasteiger partial charge in [0.25, 0.3) is 0 Å². The number of hydrogen-bond donors (Lipinski definition) is 1. The lowest BCUT2D eigenvalue weighted by atomic mass is 9.44. The number of ketones is 3. The minimum absolute atomic E-state index is 0.0221. The molecule has 0 aromatic heterocycles. The Hall–Kier alpha value is -2.39. The number of carbonyl (C=O) groups excluding carboxylic acids is 5. The molecule has 4 rings (SSSR count). The average Bonchev–Trinajstić information content (AvgIpc) is 3.07. The number of esters is 2. The summed E-state index contributed by atoms with van der Waals surface area (Å²) in [5.41, 5.74) is -7.01. The number of aliphatic hydroxyl groups excluding tert-OH is 1. The maximum atomic E-state index is 17.4. The van der Waals surface area contributed by atoms with E-state index in [9.17, 15) is 29.1 Å². The van der Waals surface area contributed by atoms with E-state index >= 15 is 4.39 Å². The van der Waals surface area contributed by atoms with Crippen molar-refractivity contribution in [1.29, 1.82) is 0 Å². The molecule has 0 amide bonds. The molecule has 37 heavy (non-hydrogen) atoms. The lowest BCUT2D eigenvalue weighted by Gasteiger charge is -2.62. The average molecular weight is 539 g/mol. The van der Waals surface area contributed by atoms with Crippen LogP contribution < -0.4 is 0 Å². The minimum atomic E-state index is -2.32. The van der Waals surface area contributed by atoms with Gasteiger partial charge < -0.3 is 14.6 Å². The summed E-state index contributed by atoms with van der Waals surface area (Å²) < 4.78 is 27.9. The van der Waals surface area contributed by atoms with Gasteiger partial charge in [-0.3, -0.25) is 24.0 Å². The second-order valence-corrected chi connectivity index (χ2v) is 11.6. The fourth-order valence-electron chi connectivity index (χ4n) is 7.85. The van der Waals surface area contributed by atoms with Gasteiger partial charge in [-0.2, -0.15) is 0 Å². The third-order valence-corrected chi connectivity index (χ3v) is 9.97. The maximum absolute atomic E-state index is 17.4. The fourth-order valence-corrected chi connectivity index (χ4v) is 8.05. The summed E-state index contributed by atoms with van der Waals surface area (Å²) in [6, 6.07) is 0. The monoisotopic (exact) mass is 538 g/mol. The summed E-state index contributed by atoms with van der Waals surface area (Å²) in [4.78, 5) is 63.9. The van der Waals surface area contributed by atoms with Crippen molar-refractivity contribution >= 4 is 40.9 Å². The van der Waals surface area contributed by atoms with Crippen molar-refractivity contribution in [3.8, 4) is 0 Å². The number of carbonyl (C=O) groups is 5. The summed E-state index contributed by atoms with van der Waals surface area (Å²) in [6.07, 6.45) is 1.70. The summed E-state index contributed by atoms with van der Waals surface area (Å²) in [5.74, 6) is -7.46. The van der Waals surface area contributed by atoms with Crippen LogP contribution >= 0.6 is 11.6 Å². The molecule has 0 aromatic carbocycles. The van der Waals surface area contributed by atoms with Gasteiger partial charge in [0.05, 0.1) is 24.5 Å². The molecule has 3 fully saturated rings. The van der Waals surface area contributed by atoms with E-state index in [0.717, 1.165) is 13.2 Å². The van der Waals surface area contributed by atoms with Crippen molar-refractivity contribution < 1.29 is 42.9 Å². The molecule has 202 valence electrons. The topological polar surface area (TPSA) is 124 Å². The van der Waals surface area contributed by atoms with Crippen LogP contribution in [-0.4, -0.2) is 64.8 Å². The van der Waals surface area contributed by atoms with Gasteiger partial charge in [0.1, 0.15) is 0 Å². The van der Waals surface area contributed by atoms with Crippen LogP contribution in [0.25, 0.3) is 0 Å². The number of allylic oxidation sites excluding steroid dienone is 4. The van der Waals surface area contributed by atoms with Gasteiger partial charge >= 0.3 is 11.9 Å². The van der Waals surface area contributed by atoms with Crippen LogP contribution in [0.2, 0.25) is 0 Å². The van der Waals surface area contributed by atoms with Crippen LogP contribution in [0.15, 0.2) is 23.8 Å². The largest absolute Gasteiger partial charge is 0.468 e. The van der Waals surface area contributed by atoms with Crippen LogP contribution in [0.1, 0.15) is 47.0 Å². The first-order chi connectivity index (χ1) is 17.1. The molecule has 0 saturated heterocycles. The van der Waals surface area contributed by atoms with E-state index in [0.29, 0.717) is 0 Å². The van der Waals surface area contributed by atoms with Crippen LogP contribution in [0.5, 0.6) is 0 Å². The molecule has 0 heterocycles. The van der Waals surface area contributed by atoms with Gasteiger partial charge in [-0.15, -0.1) is 11.6 Å². The molecular formula is C27H32ClFO8. The molecule has 0 spiro atoms. The van der Waals surface area contributed by atoms with Gasteiger partial charge in [0.15, 0.2) is 34.5 Å². The third kappa shape index (κ3) is 3.38. The first kappa shape index (κ1) is 27.6. The Bertz CT molecular complexity index is 1150. The second kappa shape index (κ2) is 8.83. The number of methoxy groups -OCH3 is 1. The fraction of sp³-hybridized carbons (Fsp3) is 0.667. The summed E-state index contributed by atoms with van der Waals surface area (Å²) in [6.45, 7) is 6.14. The summed E-state index contributed by atoms with van der Waals surface area (Å²) in [5, 5.41) is 11.5. The standard InChI is InChI=1S/C27H32ClFO8/c1-13-8-16-17-10-19(31)18-9-15(30)6-7-24(18,3)26(17,29)20(32)11-25(16,4)27(13,21(33)12-28)37-23(35)14(2)22(34)36-5/h6-7,9,13-14,16-17,20,32H,8,10-12H2,1-5H3/t13-,14?,16-,17-,20-,24-,25-,26-,27-/m0/s1. The number of rotatable bonds is 5. The molecule has 1 unspecified atom stereocenters. The number of aliphatic hydroxyl groups is 1. The van der Waals surface area contributed by atoms with Gasteiger partial charge in [-0.05, 0) is 44.8 Å². The van der Waals surface area contributed by atoms with E-state index in [4.69, 9.17) is 16.3 Å². The Morgan fingerprint density at radius 1 is 1.22 bits per heavy atom. The Kier molecular flexibility index (Phi) is 6.60. The molecule has 1 N–H and O–H groups in total. The molecule has 10 heteroatoms. The van der Waals surface area contributed by atoms with E-state index < -0.39 is 87.0 Å². The Morgan fingerprint density at radius 2 is 1.86 bits per heavy atom. The Balaban J connectivity index is 1.85. The molecule has 3 saturated carbocycles. The van der Waals surface area contributed by atoms with Crippen molar-refractivity contribution in [2.75, 3.05) is 13.0 Å². The highest BCUT2D eigenvalue weighted by atomic mass is 35.5. The van der Waals surface area contributed by atoms with Gasteiger partial charge in [0, 0.05) is 29.2 Å². The molecule has 9 atom stereocenters. The van der Waals surface area contributed by atoms with Crippen molar-refractivity contribution in [2.45, 2.75) is 64.3 Å². The van der Waals surface area contributed by atoms with Crippen LogP contribution in [0.3, 0.4) is 0 Å². The molecule has 4 aliphatic carbocycles. The van der Waals surface area contributed by atoms with E-state index in [2.05, 4.69) is 4.74 Å². The van der Waals surface area contributed by atoms with Crippen molar-refractivity contribution in [3.63, 3.8) is 0 Å². The smallest absolute Gasteiger partial charge is 0.321 e. The number of alkyl halides is 2. The third-order valence-electron chi connectivity index (χ3n) is 9.73. The Morgan fingerprint density at radius 3 is 2.46 bits per heavy atom. The van der Waals surface area contributed by atoms with E-state index in [1.807, 2.05) is 0 Å². The number of halogens is 2. The predicted molar refractivity (Wildman–Crippen MR) is 129 cm³/mol. The van der Waals surface area contributed by atoms with E-state index in [-0.39, 0.29) is 24.8 Å². The number of fused-ring (bicyclic) bond motifs is 5. The highest BCUT2D eigenvalue weighted by molar-refractivity contribution is 6.29. The molecule has 0 aromatic rings. The number of ether oxygens (including phenoxy) is 2. The highest BCUT2D eigenvalue weighted by Gasteiger charge is 2.78. The molecule has 0 radical (unpaired) electrons. The predicted octanol–water partition coefficient (Wildman–Crippen LogP) is 2.68. The van der Waals surface area contributed by atoms with Crippen LogP contribution in [-0.2, 0) is 33.4 Å². The summed E-state index contributed by atoms with van der Waals surface area (Å²) >= 11 is 6.01. The molecular weight excluding hydrogens is 507 g/mol. The normalized spacial score (nSPS) is 43.2. The van der Waals surface area contributed by atoms with E-state index in [1.54, 1.807) is 13.8 Å². The molecule has 0 bridgehead atoms. The first-order valence-electron chi connectivity index (χ1n) is 12.4. The highest BCUT2D eigenvalue weighted by Crippen LogP contribution is 2.71. The maximum Gasteiger partial charge on any atom is 0.321 e. The van der Waals surface area contributed by atoms with Gasteiger partial charge in [-0.1, -0.05) is 19.9 Å². The Labute approximate surface area is 219 Å². The lowest BCUT2D eigenvalue weighted by Crippen LogP contribution is -2.71.